The molecule has 1 fully saturated rings. The lowest BCUT2D eigenvalue weighted by molar-refractivity contribution is -0.147. The summed E-state index contributed by atoms with van der Waals surface area (Å²) in [5.41, 5.74) is 1.16. The third-order valence-electron chi connectivity index (χ3n) is 6.25. The molecule has 2 aromatic rings. The Morgan fingerprint density at radius 2 is 1.89 bits per heavy atom. The standard InChI is InChI=1S/C25H36N6O3S/c1-17(2)22(29-23(32)18(3)26-4)25(34)31-12-11-30(15-19-8-6-5-7-9-19)16-20(31)24(33)28-14-21-27-10-13-35-21/h5-10,13,17-18,20,22,26H,11-12,14-16H2,1-4H3,(H,28,33)(H,29,32)/t18-,20-,22-/m0/s1. The van der Waals surface area contributed by atoms with Gasteiger partial charge in [-0.05, 0) is 25.5 Å². The maximum Gasteiger partial charge on any atom is 0.246 e. The zero-order valence-corrected chi connectivity index (χ0v) is 21.7. The van der Waals surface area contributed by atoms with E-state index in [2.05, 4.69) is 38.0 Å². The first kappa shape index (κ1) is 26.8. The molecule has 3 rings (SSSR count). The highest BCUT2D eigenvalue weighted by Crippen LogP contribution is 2.18. The molecule has 10 heteroatoms. The number of likely N-dealkylation sites (N-methyl/N-ethyl adjacent to an activating group) is 1. The van der Waals surface area contributed by atoms with Crippen LogP contribution in [0, 0.1) is 5.92 Å². The molecule has 3 atom stereocenters. The summed E-state index contributed by atoms with van der Waals surface area (Å²) in [6.45, 7) is 8.02. The van der Waals surface area contributed by atoms with Crippen molar-refractivity contribution in [3.05, 3.63) is 52.5 Å². The van der Waals surface area contributed by atoms with E-state index in [1.54, 1.807) is 25.1 Å². The maximum absolute atomic E-state index is 13.7. The fraction of sp³-hybridized carbons (Fsp3) is 0.520. The molecule has 0 saturated carbocycles. The number of piperazine rings is 1. The summed E-state index contributed by atoms with van der Waals surface area (Å²) < 4.78 is 0. The summed E-state index contributed by atoms with van der Waals surface area (Å²) in [7, 11) is 1.70. The van der Waals surface area contributed by atoms with Crippen molar-refractivity contribution < 1.29 is 14.4 Å². The van der Waals surface area contributed by atoms with Gasteiger partial charge in [0, 0.05) is 37.8 Å². The van der Waals surface area contributed by atoms with Crippen molar-refractivity contribution in [1.82, 2.24) is 30.7 Å². The Hall–Kier alpha value is -2.82. The Kier molecular flexibility index (Phi) is 9.76. The van der Waals surface area contributed by atoms with Crippen LogP contribution in [0.4, 0.5) is 0 Å². The first-order chi connectivity index (χ1) is 16.8. The quantitative estimate of drug-likeness (QED) is 0.453. The van der Waals surface area contributed by atoms with E-state index in [-0.39, 0.29) is 23.6 Å². The van der Waals surface area contributed by atoms with E-state index in [0.29, 0.717) is 32.7 Å². The Morgan fingerprint density at radius 3 is 2.51 bits per heavy atom. The van der Waals surface area contributed by atoms with Crippen LogP contribution in [0.5, 0.6) is 0 Å². The highest BCUT2D eigenvalue weighted by molar-refractivity contribution is 7.09. The smallest absolute Gasteiger partial charge is 0.246 e. The normalized spacial score (nSPS) is 18.2. The van der Waals surface area contributed by atoms with Crippen molar-refractivity contribution in [2.75, 3.05) is 26.7 Å². The molecule has 0 unspecified atom stereocenters. The predicted octanol–water partition coefficient (Wildman–Crippen LogP) is 1.22. The van der Waals surface area contributed by atoms with Gasteiger partial charge in [-0.25, -0.2) is 4.98 Å². The van der Waals surface area contributed by atoms with Crippen molar-refractivity contribution in [3.63, 3.8) is 0 Å². The van der Waals surface area contributed by atoms with Crippen LogP contribution in [0.15, 0.2) is 41.9 Å². The van der Waals surface area contributed by atoms with Gasteiger partial charge in [0.1, 0.15) is 17.1 Å². The second kappa shape index (κ2) is 12.8. The van der Waals surface area contributed by atoms with Crippen LogP contribution in [-0.4, -0.2) is 77.3 Å². The van der Waals surface area contributed by atoms with Crippen LogP contribution < -0.4 is 16.0 Å². The van der Waals surface area contributed by atoms with E-state index in [4.69, 9.17) is 0 Å². The zero-order chi connectivity index (χ0) is 25.4. The van der Waals surface area contributed by atoms with Crippen LogP contribution in [0.1, 0.15) is 31.3 Å². The summed E-state index contributed by atoms with van der Waals surface area (Å²) in [6.07, 6.45) is 1.70. The van der Waals surface area contributed by atoms with Crippen molar-refractivity contribution in [2.24, 2.45) is 5.92 Å². The molecule has 1 aromatic heterocycles. The molecule has 35 heavy (non-hydrogen) atoms. The van der Waals surface area contributed by atoms with Crippen LogP contribution in [-0.2, 0) is 27.5 Å². The first-order valence-electron chi connectivity index (χ1n) is 12.0. The monoisotopic (exact) mass is 500 g/mol. The Labute approximate surface area is 211 Å². The molecule has 190 valence electrons. The highest BCUT2D eigenvalue weighted by atomic mass is 32.1. The zero-order valence-electron chi connectivity index (χ0n) is 20.9. The summed E-state index contributed by atoms with van der Waals surface area (Å²) in [5.74, 6) is -0.821. The van der Waals surface area contributed by atoms with Gasteiger partial charge >= 0.3 is 0 Å². The number of hydrogen-bond donors (Lipinski definition) is 3. The van der Waals surface area contributed by atoms with Gasteiger partial charge in [-0.1, -0.05) is 44.2 Å². The Balaban J connectivity index is 1.77. The van der Waals surface area contributed by atoms with E-state index >= 15 is 0 Å². The molecule has 3 amide bonds. The van der Waals surface area contributed by atoms with E-state index in [0.717, 1.165) is 10.6 Å². The lowest BCUT2D eigenvalue weighted by Crippen LogP contribution is -2.64. The summed E-state index contributed by atoms with van der Waals surface area (Å²) in [6, 6.07) is 8.27. The lowest BCUT2D eigenvalue weighted by atomic mass is 9.99. The number of aromatic nitrogens is 1. The number of carbonyl (C=O) groups is 3. The molecular weight excluding hydrogens is 464 g/mol. The van der Waals surface area contributed by atoms with Crippen molar-refractivity contribution in [2.45, 2.75) is 52.0 Å². The molecule has 3 N–H and O–H groups in total. The number of rotatable bonds is 10. The SMILES string of the molecule is CN[C@@H](C)C(=O)N[C@H](C(=O)N1CCN(Cc2ccccc2)C[C@H]1C(=O)NCc1nccs1)C(C)C. The van der Waals surface area contributed by atoms with Crippen LogP contribution in [0.2, 0.25) is 0 Å². The molecule has 1 saturated heterocycles. The van der Waals surface area contributed by atoms with E-state index in [1.165, 1.54) is 11.3 Å². The van der Waals surface area contributed by atoms with E-state index in [9.17, 15) is 14.4 Å². The van der Waals surface area contributed by atoms with Gasteiger partial charge in [0.2, 0.25) is 17.7 Å². The molecule has 9 nitrogen and oxygen atoms in total. The van der Waals surface area contributed by atoms with Gasteiger partial charge < -0.3 is 20.9 Å². The minimum Gasteiger partial charge on any atom is -0.348 e. The van der Waals surface area contributed by atoms with Gasteiger partial charge in [0.05, 0.1) is 12.6 Å². The Morgan fingerprint density at radius 1 is 1.14 bits per heavy atom. The average molecular weight is 501 g/mol. The van der Waals surface area contributed by atoms with Gasteiger partial charge in [0.15, 0.2) is 0 Å². The lowest BCUT2D eigenvalue weighted by Gasteiger charge is -2.42. The number of benzene rings is 1. The second-order valence-electron chi connectivity index (χ2n) is 9.15. The Bertz CT molecular complexity index is 969. The number of nitrogens with zero attached hydrogens (tertiary/aromatic N) is 3. The molecule has 1 aliphatic heterocycles. The van der Waals surface area contributed by atoms with Gasteiger partial charge in [-0.15, -0.1) is 11.3 Å². The molecule has 0 spiro atoms. The van der Waals surface area contributed by atoms with E-state index in [1.807, 2.05) is 37.4 Å². The maximum atomic E-state index is 13.7. The largest absolute Gasteiger partial charge is 0.348 e. The van der Waals surface area contributed by atoms with Gasteiger partial charge in [-0.2, -0.15) is 0 Å². The molecular formula is C25H36N6O3S. The van der Waals surface area contributed by atoms with Crippen LogP contribution in [0.25, 0.3) is 0 Å². The molecule has 2 heterocycles. The third-order valence-corrected chi connectivity index (χ3v) is 7.03. The first-order valence-corrected chi connectivity index (χ1v) is 12.9. The number of hydrogen-bond acceptors (Lipinski definition) is 7. The molecule has 0 bridgehead atoms. The van der Waals surface area contributed by atoms with Crippen molar-refractivity contribution >= 4 is 29.1 Å². The fourth-order valence-electron chi connectivity index (χ4n) is 4.04. The predicted molar refractivity (Wildman–Crippen MR) is 136 cm³/mol. The van der Waals surface area contributed by atoms with Crippen LogP contribution in [0.3, 0.4) is 0 Å². The highest BCUT2D eigenvalue weighted by Gasteiger charge is 2.39. The molecule has 0 radical (unpaired) electrons. The average Bonchev–Trinajstić information content (AvgIpc) is 3.39. The second-order valence-corrected chi connectivity index (χ2v) is 10.1. The van der Waals surface area contributed by atoms with Gasteiger partial charge in [-0.3, -0.25) is 19.3 Å². The molecule has 0 aliphatic carbocycles. The number of thiazole rings is 1. The molecule has 1 aliphatic rings. The topological polar surface area (TPSA) is 107 Å². The van der Waals surface area contributed by atoms with Gasteiger partial charge in [0.25, 0.3) is 0 Å². The molecule has 1 aromatic carbocycles. The van der Waals surface area contributed by atoms with Crippen LogP contribution >= 0.6 is 11.3 Å². The summed E-state index contributed by atoms with van der Waals surface area (Å²) in [4.78, 5) is 47.6. The fourth-order valence-corrected chi connectivity index (χ4v) is 4.59. The van der Waals surface area contributed by atoms with E-state index < -0.39 is 18.1 Å². The minimum atomic E-state index is -0.715. The number of carbonyl (C=O) groups excluding carboxylic acids is 3. The summed E-state index contributed by atoms with van der Waals surface area (Å²) in [5, 5.41) is 11.4. The minimum absolute atomic E-state index is 0.128. The van der Waals surface area contributed by atoms with Crippen molar-refractivity contribution in [3.8, 4) is 0 Å². The summed E-state index contributed by atoms with van der Waals surface area (Å²) >= 11 is 1.47. The number of nitrogens with one attached hydrogen (secondary N) is 3. The van der Waals surface area contributed by atoms with Crippen molar-refractivity contribution in [1.29, 1.82) is 0 Å². The third kappa shape index (κ3) is 7.33. The number of amides is 3.